The summed E-state index contributed by atoms with van der Waals surface area (Å²) in [6.07, 6.45) is 1.59. The minimum Gasteiger partial charge on any atom is -0.256 e. The molecule has 1 nitrogen and oxygen atoms in total. The maximum absolute atomic E-state index is 6.68. The highest BCUT2D eigenvalue weighted by Gasteiger charge is 2.18. The molecule has 0 fully saturated rings. The Hall–Kier alpha value is -3.46. The van der Waals surface area contributed by atoms with Crippen molar-refractivity contribution in [1.82, 2.24) is 0 Å². The number of nitrogens with zero attached hydrogens (tertiary/aromatic N) is 1. The zero-order chi connectivity index (χ0) is 23.7. The molecule has 5 aromatic rings. The average Bonchev–Trinajstić information content (AvgIpc) is 3.23. The first-order valence-electron chi connectivity index (χ1n) is 11.2. The van der Waals surface area contributed by atoms with Gasteiger partial charge in [0.15, 0.2) is 0 Å². The number of benzene rings is 4. The second kappa shape index (κ2) is 9.42. The van der Waals surface area contributed by atoms with Gasteiger partial charge in [-0.25, -0.2) is 0 Å². The van der Waals surface area contributed by atoms with E-state index in [2.05, 4.69) is 92.4 Å². The van der Waals surface area contributed by atoms with Crippen molar-refractivity contribution in [2.75, 3.05) is 0 Å². The van der Waals surface area contributed by atoms with Crippen LogP contribution in [0.25, 0.3) is 36.9 Å². The summed E-state index contributed by atoms with van der Waals surface area (Å²) in [6.45, 7) is 7.90. The van der Waals surface area contributed by atoms with Crippen LogP contribution in [0.3, 0.4) is 0 Å². The minimum atomic E-state index is 0.700. The summed E-state index contributed by atoms with van der Waals surface area (Å²) in [5.74, 6) is 0. The Kier molecular flexibility index (Phi) is 6.19. The molecule has 0 amide bonds. The first-order chi connectivity index (χ1) is 16.6. The summed E-state index contributed by atoms with van der Waals surface area (Å²) in [6, 6.07) is 32.0. The predicted molar refractivity (Wildman–Crippen MR) is 151 cm³/mol. The lowest BCUT2D eigenvalue weighted by molar-refractivity contribution is 1.42. The summed E-state index contributed by atoms with van der Waals surface area (Å²) in [5.41, 5.74) is 7.36. The number of hydrogen-bond donors (Lipinski definition) is 0. The molecule has 4 aromatic carbocycles. The van der Waals surface area contributed by atoms with E-state index in [1.54, 1.807) is 6.20 Å². The summed E-state index contributed by atoms with van der Waals surface area (Å²) in [7, 11) is 0. The van der Waals surface area contributed by atoms with Gasteiger partial charge in [-0.05, 0) is 54.3 Å². The number of halogens is 1. The van der Waals surface area contributed by atoms with Crippen LogP contribution < -0.4 is 0 Å². The third kappa shape index (κ3) is 4.00. The van der Waals surface area contributed by atoms with Crippen LogP contribution in [0.1, 0.15) is 23.6 Å². The van der Waals surface area contributed by atoms with E-state index < -0.39 is 0 Å². The number of allylic oxidation sites excluding steroid dienone is 2. The first kappa shape index (κ1) is 22.3. The highest BCUT2D eigenvalue weighted by molar-refractivity contribution is 7.25. The van der Waals surface area contributed by atoms with Crippen molar-refractivity contribution in [3.8, 4) is 11.1 Å². The first-order valence-corrected chi connectivity index (χ1v) is 12.4. The van der Waals surface area contributed by atoms with Crippen molar-refractivity contribution in [2.45, 2.75) is 13.8 Å². The quantitative estimate of drug-likeness (QED) is 0.223. The number of fused-ring (bicyclic) bond motifs is 3. The monoisotopic (exact) mass is 477 g/mol. The van der Waals surface area contributed by atoms with Gasteiger partial charge in [0.1, 0.15) is 0 Å². The molecule has 0 bridgehead atoms. The summed E-state index contributed by atoms with van der Waals surface area (Å²) >= 11 is 8.52. The molecule has 0 aliphatic rings. The predicted octanol–water partition coefficient (Wildman–Crippen LogP) is 9.63. The molecule has 1 heterocycles. The van der Waals surface area contributed by atoms with Crippen LogP contribution in [0.15, 0.2) is 114 Å². The number of thiophene rings is 1. The largest absolute Gasteiger partial charge is 0.256 e. The standard InChI is InChI=1S/C31H24ClNS/c1-4-33-31(29(21(3)32)24-14-6-5-11-20(24)2)23-13-9-12-22(19-23)25-16-10-18-28-30(25)26-15-7-8-17-27(26)34-28/h4-19H,1H2,2-3H3/b29-21-,33-31?. The van der Waals surface area contributed by atoms with Crippen LogP contribution in [0.4, 0.5) is 0 Å². The van der Waals surface area contributed by atoms with Gasteiger partial charge in [0.05, 0.1) is 5.71 Å². The fourth-order valence-corrected chi connectivity index (χ4v) is 5.88. The maximum atomic E-state index is 6.68. The van der Waals surface area contributed by atoms with E-state index >= 15 is 0 Å². The number of aryl methyl sites for hydroxylation is 1. The minimum absolute atomic E-state index is 0.700. The van der Waals surface area contributed by atoms with Crippen LogP contribution >= 0.6 is 22.9 Å². The van der Waals surface area contributed by atoms with E-state index in [9.17, 15) is 0 Å². The van der Waals surface area contributed by atoms with Crippen molar-refractivity contribution < 1.29 is 0 Å². The average molecular weight is 478 g/mol. The zero-order valence-corrected chi connectivity index (χ0v) is 20.8. The molecule has 0 unspecified atom stereocenters. The van der Waals surface area contributed by atoms with Crippen molar-refractivity contribution in [1.29, 1.82) is 0 Å². The molecular weight excluding hydrogens is 454 g/mol. The zero-order valence-electron chi connectivity index (χ0n) is 19.2. The summed E-state index contributed by atoms with van der Waals surface area (Å²) in [5, 5.41) is 3.29. The molecule has 34 heavy (non-hydrogen) atoms. The maximum Gasteiger partial charge on any atom is 0.0791 e. The van der Waals surface area contributed by atoms with Crippen LogP contribution in [0.2, 0.25) is 0 Å². The molecule has 0 saturated heterocycles. The van der Waals surface area contributed by atoms with Gasteiger partial charge in [-0.1, -0.05) is 91.0 Å². The van der Waals surface area contributed by atoms with Gasteiger partial charge < -0.3 is 0 Å². The molecule has 0 N–H and O–H groups in total. The number of aliphatic imine (C=N–C) groups is 1. The summed E-state index contributed by atoms with van der Waals surface area (Å²) in [4.78, 5) is 4.71. The Morgan fingerprint density at radius 1 is 0.882 bits per heavy atom. The Labute approximate surface area is 209 Å². The van der Waals surface area contributed by atoms with Gasteiger partial charge in [0, 0.05) is 42.5 Å². The van der Waals surface area contributed by atoms with E-state index in [1.807, 2.05) is 30.4 Å². The van der Waals surface area contributed by atoms with Crippen molar-refractivity contribution >= 4 is 54.4 Å². The third-order valence-corrected chi connectivity index (χ3v) is 7.39. The Morgan fingerprint density at radius 3 is 2.41 bits per heavy atom. The van der Waals surface area contributed by atoms with Crippen LogP contribution in [-0.2, 0) is 0 Å². The van der Waals surface area contributed by atoms with Crippen LogP contribution in [0, 0.1) is 6.92 Å². The molecule has 0 radical (unpaired) electrons. The number of hydrogen-bond acceptors (Lipinski definition) is 2. The molecule has 166 valence electrons. The molecule has 5 rings (SSSR count). The molecule has 0 spiro atoms. The van der Waals surface area contributed by atoms with E-state index in [0.29, 0.717) is 5.03 Å². The molecular formula is C31H24ClNS. The highest BCUT2D eigenvalue weighted by atomic mass is 35.5. The van der Waals surface area contributed by atoms with Gasteiger partial charge in [-0.2, -0.15) is 0 Å². The Bertz CT molecular complexity index is 1600. The van der Waals surface area contributed by atoms with E-state index in [-0.39, 0.29) is 0 Å². The molecule has 3 heteroatoms. The lowest BCUT2D eigenvalue weighted by Gasteiger charge is -2.16. The van der Waals surface area contributed by atoms with E-state index in [1.165, 1.54) is 25.7 Å². The van der Waals surface area contributed by atoms with Gasteiger partial charge in [0.2, 0.25) is 0 Å². The molecule has 0 aliphatic heterocycles. The second-order valence-corrected chi connectivity index (χ2v) is 9.89. The van der Waals surface area contributed by atoms with Crippen molar-refractivity contribution in [3.63, 3.8) is 0 Å². The van der Waals surface area contributed by atoms with E-state index in [0.717, 1.165) is 33.5 Å². The molecule has 0 aliphatic carbocycles. The lowest BCUT2D eigenvalue weighted by Crippen LogP contribution is -2.07. The molecule has 0 saturated carbocycles. The second-order valence-electron chi connectivity index (χ2n) is 8.24. The van der Waals surface area contributed by atoms with Crippen molar-refractivity contribution in [3.05, 3.63) is 125 Å². The van der Waals surface area contributed by atoms with Crippen molar-refractivity contribution in [2.24, 2.45) is 4.99 Å². The SMILES string of the molecule is C=CN=C(/C(=C(/C)Cl)c1ccccc1C)c1cccc(-c2cccc3sc4ccccc4c23)c1. The topological polar surface area (TPSA) is 12.4 Å². The normalized spacial score (nSPS) is 12.7. The van der Waals surface area contributed by atoms with Gasteiger partial charge in [0.25, 0.3) is 0 Å². The fraction of sp³-hybridized carbons (Fsp3) is 0.0645. The van der Waals surface area contributed by atoms with E-state index in [4.69, 9.17) is 16.6 Å². The molecule has 1 aromatic heterocycles. The van der Waals surface area contributed by atoms with Gasteiger partial charge >= 0.3 is 0 Å². The van der Waals surface area contributed by atoms with Crippen LogP contribution in [0.5, 0.6) is 0 Å². The summed E-state index contributed by atoms with van der Waals surface area (Å²) < 4.78 is 2.60. The number of rotatable bonds is 5. The lowest BCUT2D eigenvalue weighted by atomic mass is 9.90. The Balaban J connectivity index is 1.71. The fourth-order valence-electron chi connectivity index (χ4n) is 4.55. The van der Waals surface area contributed by atoms with Crippen LogP contribution in [-0.4, -0.2) is 5.71 Å². The van der Waals surface area contributed by atoms with Gasteiger partial charge in [-0.3, -0.25) is 4.99 Å². The van der Waals surface area contributed by atoms with Gasteiger partial charge in [-0.15, -0.1) is 11.3 Å². The highest BCUT2D eigenvalue weighted by Crippen LogP contribution is 2.40. The smallest absolute Gasteiger partial charge is 0.0791 e. The Morgan fingerprint density at radius 2 is 1.62 bits per heavy atom. The molecule has 0 atom stereocenters. The third-order valence-electron chi connectivity index (χ3n) is 6.07.